The Kier molecular flexibility index (Phi) is 4.89. The molecule has 3 aromatic rings. The van der Waals surface area contributed by atoms with E-state index in [9.17, 15) is 0 Å². The van der Waals surface area contributed by atoms with Gasteiger partial charge in [0.2, 0.25) is 0 Å². The van der Waals surface area contributed by atoms with Gasteiger partial charge in [-0.2, -0.15) is 0 Å². The molecule has 132 valence electrons. The van der Waals surface area contributed by atoms with Crippen molar-refractivity contribution in [3.8, 4) is 0 Å². The van der Waals surface area contributed by atoms with Gasteiger partial charge in [-0.3, -0.25) is 0 Å². The fraction of sp³-hybridized carbons (Fsp3) is 0.111. The Morgan fingerprint density at radius 1 is 0.815 bits per heavy atom. The minimum Gasteiger partial charge on any atom is -0.0949 e. The Labute approximate surface area is 162 Å². The molecule has 3 aromatic carbocycles. The molecule has 0 saturated heterocycles. The van der Waals surface area contributed by atoms with Crippen LogP contribution < -0.4 is 0 Å². The van der Waals surface area contributed by atoms with Gasteiger partial charge >= 0.3 is 0 Å². The molecule has 0 nitrogen and oxygen atoms in total. The molecule has 0 aromatic heterocycles. The molecular formula is C27H24. The minimum absolute atomic E-state index is 0.341. The number of benzene rings is 3. The lowest BCUT2D eigenvalue weighted by Gasteiger charge is -2.30. The molecule has 0 unspecified atom stereocenters. The van der Waals surface area contributed by atoms with Gasteiger partial charge < -0.3 is 0 Å². The van der Waals surface area contributed by atoms with Gasteiger partial charge in [0.15, 0.2) is 0 Å². The quantitative estimate of drug-likeness (QED) is 0.465. The summed E-state index contributed by atoms with van der Waals surface area (Å²) in [6.07, 6.45) is 5.35. The normalized spacial score (nSPS) is 16.6. The third kappa shape index (κ3) is 3.44. The van der Waals surface area contributed by atoms with Crippen molar-refractivity contribution in [1.82, 2.24) is 0 Å². The molecule has 0 amide bonds. The van der Waals surface area contributed by atoms with Crippen molar-refractivity contribution in [2.24, 2.45) is 0 Å². The van der Waals surface area contributed by atoms with Crippen LogP contribution in [-0.4, -0.2) is 0 Å². The van der Waals surface area contributed by atoms with E-state index in [2.05, 4.69) is 111 Å². The number of fused-ring (bicyclic) bond motifs is 1. The maximum atomic E-state index is 4.49. The van der Waals surface area contributed by atoms with Crippen LogP contribution in [0, 0.1) is 0 Å². The van der Waals surface area contributed by atoms with Crippen LogP contribution in [0.4, 0.5) is 0 Å². The zero-order valence-electron chi connectivity index (χ0n) is 15.7. The average molecular weight is 348 g/mol. The Morgan fingerprint density at radius 2 is 1.44 bits per heavy atom. The summed E-state index contributed by atoms with van der Waals surface area (Å²) >= 11 is 0. The number of hydrogen-bond donors (Lipinski definition) is 0. The first-order chi connectivity index (χ1) is 13.3. The molecular weight excluding hydrogens is 324 g/mol. The van der Waals surface area contributed by atoms with Crippen LogP contribution in [0.5, 0.6) is 0 Å². The first kappa shape index (κ1) is 17.3. The molecule has 0 N–H and O–H groups in total. The molecule has 1 atom stereocenters. The highest BCUT2D eigenvalue weighted by atomic mass is 14.3. The Morgan fingerprint density at radius 3 is 2.19 bits per heavy atom. The second kappa shape index (κ2) is 7.63. The Bertz CT molecular complexity index is 1000. The zero-order chi connectivity index (χ0) is 18.6. The van der Waals surface area contributed by atoms with Crippen LogP contribution in [0.15, 0.2) is 109 Å². The predicted octanol–water partition coefficient (Wildman–Crippen LogP) is 7.27. The van der Waals surface area contributed by atoms with E-state index in [1.54, 1.807) is 0 Å². The summed E-state index contributed by atoms with van der Waals surface area (Å²) in [5, 5.41) is 0. The van der Waals surface area contributed by atoms with Crippen LogP contribution in [-0.2, 0) is 0 Å². The van der Waals surface area contributed by atoms with Crippen LogP contribution >= 0.6 is 0 Å². The number of hydrogen-bond acceptors (Lipinski definition) is 0. The highest BCUT2D eigenvalue weighted by Crippen LogP contribution is 2.45. The van der Waals surface area contributed by atoms with Gasteiger partial charge in [0.05, 0.1) is 0 Å². The zero-order valence-corrected chi connectivity index (χ0v) is 15.7. The Hall–Kier alpha value is -3.12. The topological polar surface area (TPSA) is 0 Å². The minimum atomic E-state index is 0.341. The molecule has 0 aliphatic heterocycles. The van der Waals surface area contributed by atoms with Gasteiger partial charge in [-0.15, -0.1) is 0 Å². The van der Waals surface area contributed by atoms with E-state index in [1.165, 1.54) is 39.0 Å². The lowest BCUT2D eigenvalue weighted by Crippen LogP contribution is -2.12. The molecule has 1 aliphatic carbocycles. The van der Waals surface area contributed by atoms with E-state index >= 15 is 0 Å². The van der Waals surface area contributed by atoms with E-state index in [0.29, 0.717) is 5.92 Å². The van der Waals surface area contributed by atoms with Crippen molar-refractivity contribution in [3.63, 3.8) is 0 Å². The summed E-state index contributed by atoms with van der Waals surface area (Å²) in [4.78, 5) is 0. The standard InChI is InChI=1S/C27H24/c1-20-21(2)25(19-11-14-22-12-5-3-6-13-22)27(23-15-7-4-8-16-23)26-18-10-9-17-24(20)26/h3-18,20H,2,19H2,1H3/b14-11+/t20-/m0/s1. The molecule has 0 bridgehead atoms. The highest BCUT2D eigenvalue weighted by molar-refractivity contribution is 5.89. The Balaban J connectivity index is 1.81. The van der Waals surface area contributed by atoms with Crippen molar-refractivity contribution in [2.45, 2.75) is 19.3 Å². The van der Waals surface area contributed by atoms with Gasteiger partial charge in [0, 0.05) is 5.92 Å². The molecule has 0 heterocycles. The molecule has 0 radical (unpaired) electrons. The van der Waals surface area contributed by atoms with Gasteiger partial charge in [0.25, 0.3) is 0 Å². The first-order valence-corrected chi connectivity index (χ1v) is 9.54. The van der Waals surface area contributed by atoms with Gasteiger partial charge in [-0.25, -0.2) is 0 Å². The number of allylic oxidation sites excluding steroid dienone is 3. The summed E-state index contributed by atoms with van der Waals surface area (Å²) in [6.45, 7) is 6.75. The van der Waals surface area contributed by atoms with Crippen molar-refractivity contribution >= 4 is 11.6 Å². The van der Waals surface area contributed by atoms with E-state index in [1.807, 2.05) is 0 Å². The lowest BCUT2D eigenvalue weighted by atomic mass is 9.74. The molecule has 0 fully saturated rings. The molecule has 1 aliphatic rings. The van der Waals surface area contributed by atoms with E-state index in [0.717, 1.165) is 6.42 Å². The monoisotopic (exact) mass is 348 g/mol. The molecule has 0 saturated carbocycles. The first-order valence-electron chi connectivity index (χ1n) is 9.54. The predicted molar refractivity (Wildman–Crippen MR) is 117 cm³/mol. The second-order valence-corrected chi connectivity index (χ2v) is 7.07. The van der Waals surface area contributed by atoms with Crippen LogP contribution in [0.1, 0.15) is 41.5 Å². The van der Waals surface area contributed by atoms with Crippen molar-refractivity contribution in [1.29, 1.82) is 0 Å². The number of rotatable bonds is 4. The van der Waals surface area contributed by atoms with Crippen molar-refractivity contribution in [3.05, 3.63) is 131 Å². The average Bonchev–Trinajstić information content (AvgIpc) is 2.73. The van der Waals surface area contributed by atoms with E-state index in [-0.39, 0.29) is 0 Å². The summed E-state index contributed by atoms with van der Waals surface area (Å²) in [5.74, 6) is 0.341. The summed E-state index contributed by atoms with van der Waals surface area (Å²) in [7, 11) is 0. The summed E-state index contributed by atoms with van der Waals surface area (Å²) in [5.41, 5.74) is 9.11. The fourth-order valence-electron chi connectivity index (χ4n) is 3.92. The summed E-state index contributed by atoms with van der Waals surface area (Å²) < 4.78 is 0. The lowest BCUT2D eigenvalue weighted by molar-refractivity contribution is 0.878. The van der Waals surface area contributed by atoms with Gasteiger partial charge in [-0.1, -0.05) is 111 Å². The largest absolute Gasteiger partial charge is 0.0949 e. The van der Waals surface area contributed by atoms with Gasteiger partial charge in [0.1, 0.15) is 0 Å². The molecule has 4 rings (SSSR count). The molecule has 0 spiro atoms. The van der Waals surface area contributed by atoms with Crippen molar-refractivity contribution in [2.75, 3.05) is 0 Å². The van der Waals surface area contributed by atoms with Crippen LogP contribution in [0.2, 0.25) is 0 Å². The fourth-order valence-corrected chi connectivity index (χ4v) is 3.92. The van der Waals surface area contributed by atoms with E-state index in [4.69, 9.17) is 0 Å². The molecule has 0 heteroatoms. The maximum Gasteiger partial charge on any atom is 0.00643 e. The van der Waals surface area contributed by atoms with Gasteiger partial charge in [-0.05, 0) is 45.4 Å². The highest BCUT2D eigenvalue weighted by Gasteiger charge is 2.26. The van der Waals surface area contributed by atoms with Crippen LogP contribution in [0.3, 0.4) is 0 Å². The summed E-state index contributed by atoms with van der Waals surface area (Å²) in [6, 6.07) is 29.9. The van der Waals surface area contributed by atoms with Crippen molar-refractivity contribution < 1.29 is 0 Å². The molecule has 27 heavy (non-hydrogen) atoms. The third-order valence-electron chi connectivity index (χ3n) is 5.40. The maximum absolute atomic E-state index is 4.49. The smallest absolute Gasteiger partial charge is 0.00643 e. The SMILES string of the molecule is C=C1C(C/C=C/c2ccccc2)=C(c2ccccc2)c2ccccc2[C@H]1C. The second-order valence-electron chi connectivity index (χ2n) is 7.07. The van der Waals surface area contributed by atoms with Crippen LogP contribution in [0.25, 0.3) is 11.6 Å². The van der Waals surface area contributed by atoms with E-state index < -0.39 is 0 Å². The third-order valence-corrected chi connectivity index (χ3v) is 5.40.